The van der Waals surface area contributed by atoms with Crippen LogP contribution < -0.4 is 15.2 Å². The molecule has 51 heavy (non-hydrogen) atoms. The molecule has 0 bridgehead atoms. The van der Waals surface area contributed by atoms with Crippen LogP contribution in [0.1, 0.15) is 34.3 Å². The van der Waals surface area contributed by atoms with E-state index in [1.54, 1.807) is 0 Å². The van der Waals surface area contributed by atoms with Crippen molar-refractivity contribution < 1.29 is 68.9 Å². The number of nitrogens with two attached hydrogens (primary N) is 1. The highest BCUT2D eigenvalue weighted by atomic mass is 16.9. The Bertz CT molecular complexity index is 1900. The van der Waals surface area contributed by atoms with Crippen molar-refractivity contribution in [3.05, 3.63) is 75.4 Å². The number of benzene rings is 2. The summed E-state index contributed by atoms with van der Waals surface area (Å²) >= 11 is 0. The first-order valence-electron chi connectivity index (χ1n) is 15.4. The second-order valence-electron chi connectivity index (χ2n) is 12.4. The second kappa shape index (κ2) is 13.6. The van der Waals surface area contributed by atoms with Crippen molar-refractivity contribution in [1.29, 1.82) is 0 Å². The first kappa shape index (κ1) is 36.6. The summed E-state index contributed by atoms with van der Waals surface area (Å²) in [5.74, 6) is -13.5. The highest BCUT2D eigenvalue weighted by Crippen LogP contribution is 2.55. The Hall–Kier alpha value is -5.69. The fourth-order valence-electron chi connectivity index (χ4n) is 7.07. The lowest BCUT2D eigenvalue weighted by Gasteiger charge is -2.55. The summed E-state index contributed by atoms with van der Waals surface area (Å²) < 4.78 is 10.6. The second-order valence-corrected chi connectivity index (χ2v) is 12.4. The lowest BCUT2D eigenvalue weighted by Crippen LogP contribution is -2.76. The minimum absolute atomic E-state index is 0.00966. The van der Waals surface area contributed by atoms with Gasteiger partial charge in [-0.05, 0) is 55.9 Å². The zero-order valence-electron chi connectivity index (χ0n) is 27.0. The SMILES string of the molecule is C=C1c2cccc(OC(=O)c3cc(OC(=O)CCCO[N+](=O)[O-])ccc3O)c2C(O)=C2C(=O)C3(O)C(=O)C(C(N)=O)C(O)C(N(C)C)C3C(O)C12. The van der Waals surface area contributed by atoms with Gasteiger partial charge in [0.25, 0.3) is 5.09 Å². The largest absolute Gasteiger partial charge is 0.507 e. The average Bonchev–Trinajstić information content (AvgIpc) is 3.05. The maximum absolute atomic E-state index is 14.2. The number of amides is 1. The van der Waals surface area contributed by atoms with E-state index in [2.05, 4.69) is 11.4 Å². The Labute approximate surface area is 288 Å². The number of carbonyl (C=O) groups is 5. The van der Waals surface area contributed by atoms with Crippen molar-refractivity contribution >= 4 is 40.7 Å². The molecule has 18 nitrogen and oxygen atoms in total. The molecule has 2 aromatic carbocycles. The van der Waals surface area contributed by atoms with E-state index >= 15 is 0 Å². The molecule has 0 heterocycles. The first-order chi connectivity index (χ1) is 23.9. The number of ketones is 2. The van der Waals surface area contributed by atoms with E-state index in [-0.39, 0.29) is 41.9 Å². The van der Waals surface area contributed by atoms with Crippen LogP contribution >= 0.6 is 0 Å². The number of fused-ring (bicyclic) bond motifs is 3. The molecule has 7 atom stereocenters. The molecule has 3 aliphatic rings. The molecule has 7 unspecified atom stereocenters. The Morgan fingerprint density at radius 3 is 2.39 bits per heavy atom. The quantitative estimate of drug-likeness (QED) is 0.0460. The van der Waals surface area contributed by atoms with E-state index in [0.717, 1.165) is 18.2 Å². The first-order valence-corrected chi connectivity index (χ1v) is 15.4. The van der Waals surface area contributed by atoms with E-state index < -0.39 is 104 Å². The minimum atomic E-state index is -3.14. The minimum Gasteiger partial charge on any atom is -0.507 e. The third-order valence-corrected chi connectivity index (χ3v) is 9.30. The molecular formula is C33H33N3O15. The lowest BCUT2D eigenvalue weighted by atomic mass is 9.52. The van der Waals surface area contributed by atoms with Crippen LogP contribution in [-0.4, -0.2) is 109 Å². The van der Waals surface area contributed by atoms with Gasteiger partial charge in [0, 0.05) is 24.3 Å². The molecular weight excluding hydrogens is 678 g/mol. The van der Waals surface area contributed by atoms with E-state index in [9.17, 15) is 59.6 Å². The standard InChI is InChI=1S/C33H33N3O15/c1-13-15-6-4-7-18(51-32(45)16-12-14(9-10-17(16)37)50-19(38)8-5-11-49-36(47)48)21(15)26(39)22-20(13)27(40)24-25(35(2)3)28(41)23(31(34)44)30(43)33(24,46)29(22)42/h4,6-7,9-10,12,20,23-25,27-28,37,39-41,46H,1,5,8,11H2,2-3H3,(H2,34,44). The number of rotatable bonds is 10. The van der Waals surface area contributed by atoms with Gasteiger partial charge < -0.3 is 50.5 Å². The number of phenolic OH excluding ortho intramolecular Hbond substituents is 1. The number of phenols is 1. The number of primary amides is 1. The van der Waals surface area contributed by atoms with Crippen LogP contribution in [0.5, 0.6) is 17.2 Å². The molecule has 2 aromatic rings. The topological polar surface area (TPSA) is 287 Å². The predicted molar refractivity (Wildman–Crippen MR) is 170 cm³/mol. The Balaban J connectivity index is 1.50. The molecule has 18 heteroatoms. The molecule has 0 aromatic heterocycles. The van der Waals surface area contributed by atoms with E-state index in [1.807, 2.05) is 0 Å². The van der Waals surface area contributed by atoms with Crippen molar-refractivity contribution in [2.45, 2.75) is 36.7 Å². The number of aliphatic hydroxyl groups excluding tert-OH is 3. The van der Waals surface area contributed by atoms with Gasteiger partial charge in [-0.15, -0.1) is 10.1 Å². The number of nitrogens with zero attached hydrogens (tertiary/aromatic N) is 2. The maximum atomic E-state index is 14.2. The lowest BCUT2D eigenvalue weighted by molar-refractivity contribution is -0.757. The van der Waals surface area contributed by atoms with Crippen LogP contribution in [0.15, 0.2) is 48.6 Å². The fourth-order valence-corrected chi connectivity index (χ4v) is 7.07. The number of hydrogen-bond donors (Lipinski definition) is 6. The number of likely N-dealkylation sites (N-methyl/N-ethyl adjacent to an activating group) is 1. The van der Waals surface area contributed by atoms with Crippen LogP contribution in [-0.2, 0) is 24.0 Å². The van der Waals surface area contributed by atoms with Gasteiger partial charge in [-0.25, -0.2) is 4.79 Å². The number of ether oxygens (including phenoxy) is 2. The summed E-state index contributed by atoms with van der Waals surface area (Å²) in [5.41, 5.74) is 0.875. The molecule has 0 saturated heterocycles. The van der Waals surface area contributed by atoms with Crippen molar-refractivity contribution in [1.82, 2.24) is 4.90 Å². The van der Waals surface area contributed by atoms with Gasteiger partial charge in [0.2, 0.25) is 11.7 Å². The van der Waals surface area contributed by atoms with Gasteiger partial charge in [0.1, 0.15) is 34.5 Å². The highest BCUT2D eigenvalue weighted by molar-refractivity contribution is 6.26. The third-order valence-electron chi connectivity index (χ3n) is 9.30. The normalized spacial score (nSPS) is 26.9. The predicted octanol–water partition coefficient (Wildman–Crippen LogP) is -0.316. The number of hydrogen-bond acceptors (Lipinski definition) is 16. The molecule has 2 fully saturated rings. The summed E-state index contributed by atoms with van der Waals surface area (Å²) in [5, 5.41) is 65.9. The number of Topliss-reactive ketones (excluding diaryl/α,β-unsaturated/α-hetero) is 2. The van der Waals surface area contributed by atoms with Crippen molar-refractivity contribution in [2.24, 2.45) is 23.5 Å². The van der Waals surface area contributed by atoms with Crippen molar-refractivity contribution in [3.8, 4) is 17.2 Å². The summed E-state index contributed by atoms with van der Waals surface area (Å²) in [7, 11) is 2.87. The van der Waals surface area contributed by atoms with Crippen LogP contribution in [0.2, 0.25) is 0 Å². The van der Waals surface area contributed by atoms with E-state index in [4.69, 9.17) is 15.2 Å². The molecule has 0 spiro atoms. The van der Waals surface area contributed by atoms with Crippen LogP contribution in [0.3, 0.4) is 0 Å². The molecule has 7 N–H and O–H groups in total. The molecule has 270 valence electrons. The Kier molecular flexibility index (Phi) is 9.72. The van der Waals surface area contributed by atoms with E-state index in [1.165, 1.54) is 37.2 Å². The van der Waals surface area contributed by atoms with E-state index in [0.29, 0.717) is 0 Å². The van der Waals surface area contributed by atoms with Gasteiger partial charge in [-0.2, -0.15) is 0 Å². The van der Waals surface area contributed by atoms with Crippen molar-refractivity contribution in [2.75, 3.05) is 20.7 Å². The Morgan fingerprint density at radius 1 is 1.08 bits per heavy atom. The van der Waals surface area contributed by atoms with Crippen LogP contribution in [0.25, 0.3) is 11.3 Å². The molecule has 3 aliphatic carbocycles. The summed E-state index contributed by atoms with van der Waals surface area (Å²) in [6.07, 6.45) is -3.98. The fraction of sp³-hybridized carbons (Fsp3) is 0.364. The number of esters is 2. The zero-order chi connectivity index (χ0) is 37.7. The summed E-state index contributed by atoms with van der Waals surface area (Å²) in [6, 6.07) is 5.86. The molecule has 1 amide bonds. The van der Waals surface area contributed by atoms with Gasteiger partial charge in [0.15, 0.2) is 11.4 Å². The molecule has 2 saturated carbocycles. The summed E-state index contributed by atoms with van der Waals surface area (Å²) in [6.45, 7) is 3.63. The monoisotopic (exact) mass is 711 g/mol. The molecule has 0 radical (unpaired) electrons. The third kappa shape index (κ3) is 6.07. The average molecular weight is 712 g/mol. The van der Waals surface area contributed by atoms with Gasteiger partial charge in [-0.3, -0.25) is 19.2 Å². The number of aliphatic hydroxyl groups is 4. The number of carbonyl (C=O) groups excluding carboxylic acids is 5. The van der Waals surface area contributed by atoms with Crippen molar-refractivity contribution in [3.63, 3.8) is 0 Å². The van der Waals surface area contributed by atoms with Gasteiger partial charge in [-0.1, -0.05) is 18.7 Å². The highest BCUT2D eigenvalue weighted by Gasteiger charge is 2.70. The maximum Gasteiger partial charge on any atom is 0.347 e. The number of aromatic hydroxyl groups is 1. The van der Waals surface area contributed by atoms with Crippen LogP contribution in [0.4, 0.5) is 0 Å². The zero-order valence-corrected chi connectivity index (χ0v) is 27.0. The van der Waals surface area contributed by atoms with Crippen LogP contribution in [0, 0.1) is 27.9 Å². The van der Waals surface area contributed by atoms with Gasteiger partial charge in [0.05, 0.1) is 30.0 Å². The summed E-state index contributed by atoms with van der Waals surface area (Å²) in [4.78, 5) is 81.3. The smallest absolute Gasteiger partial charge is 0.347 e. The molecule has 0 aliphatic heterocycles. The Morgan fingerprint density at radius 2 is 1.76 bits per heavy atom. The van der Waals surface area contributed by atoms with Gasteiger partial charge >= 0.3 is 11.9 Å². The molecule has 5 rings (SSSR count).